The largest absolute Gasteiger partial charge is 0.325 e. The molecule has 1 aromatic heterocycles. The van der Waals surface area contributed by atoms with Gasteiger partial charge in [-0.2, -0.15) is 0 Å². The smallest absolute Gasteiger partial charge is 0.321 e. The van der Waals surface area contributed by atoms with E-state index in [9.17, 15) is 14.4 Å². The lowest BCUT2D eigenvalue weighted by Crippen LogP contribution is -2.40. The molecule has 0 radical (unpaired) electrons. The topological polar surface area (TPSA) is 82.6 Å². The molecule has 2 aliphatic rings. The number of carbonyl (C=O) groups is 3. The summed E-state index contributed by atoms with van der Waals surface area (Å²) in [5.41, 5.74) is 1.40. The Bertz CT molecular complexity index is 870. The molecule has 4 rings (SSSR count). The predicted molar refractivity (Wildman–Crippen MR) is 100 cm³/mol. The summed E-state index contributed by atoms with van der Waals surface area (Å²) in [7, 11) is 0. The number of thiazole rings is 1. The van der Waals surface area contributed by atoms with Crippen molar-refractivity contribution >= 4 is 50.2 Å². The van der Waals surface area contributed by atoms with Gasteiger partial charge in [-0.05, 0) is 37.0 Å². The van der Waals surface area contributed by atoms with Crippen LogP contribution in [0.1, 0.15) is 32.6 Å². The molecule has 4 amide bonds. The number of imide groups is 1. The molecule has 0 unspecified atom stereocenters. The molecule has 2 fully saturated rings. The first kappa shape index (κ1) is 17.0. The van der Waals surface area contributed by atoms with Gasteiger partial charge in [0.05, 0.1) is 10.2 Å². The molecule has 7 nitrogen and oxygen atoms in total. The average Bonchev–Trinajstić information content (AvgIpc) is 3.17. The molecular weight excluding hydrogens is 352 g/mol. The summed E-state index contributed by atoms with van der Waals surface area (Å²) in [5, 5.41) is 3.34. The van der Waals surface area contributed by atoms with Crippen LogP contribution in [0.5, 0.6) is 0 Å². The summed E-state index contributed by atoms with van der Waals surface area (Å²) < 4.78 is 0.831. The van der Waals surface area contributed by atoms with Crippen molar-refractivity contribution in [2.45, 2.75) is 32.6 Å². The Morgan fingerprint density at radius 2 is 1.88 bits per heavy atom. The number of fused-ring (bicyclic) bond motifs is 1. The Labute approximate surface area is 155 Å². The zero-order valence-electron chi connectivity index (χ0n) is 14.5. The number of rotatable bonds is 2. The molecule has 136 valence electrons. The van der Waals surface area contributed by atoms with Crippen LogP contribution in [0.3, 0.4) is 0 Å². The molecule has 0 spiro atoms. The van der Waals surface area contributed by atoms with Crippen molar-refractivity contribution in [2.24, 2.45) is 5.92 Å². The predicted octanol–water partition coefficient (Wildman–Crippen LogP) is 3.21. The van der Waals surface area contributed by atoms with Gasteiger partial charge < -0.3 is 10.2 Å². The monoisotopic (exact) mass is 372 g/mol. The minimum absolute atomic E-state index is 0.0918. The van der Waals surface area contributed by atoms with Crippen LogP contribution in [0.4, 0.5) is 15.6 Å². The quantitative estimate of drug-likeness (QED) is 0.821. The van der Waals surface area contributed by atoms with Crippen LogP contribution in [0.2, 0.25) is 0 Å². The second kappa shape index (κ2) is 6.68. The summed E-state index contributed by atoms with van der Waals surface area (Å²) in [6.07, 6.45) is 2.54. The highest BCUT2D eigenvalue weighted by molar-refractivity contribution is 7.22. The van der Waals surface area contributed by atoms with Gasteiger partial charge in [0.25, 0.3) is 0 Å². The van der Waals surface area contributed by atoms with Crippen LogP contribution in [-0.2, 0) is 9.59 Å². The van der Waals surface area contributed by atoms with Crippen molar-refractivity contribution in [2.75, 3.05) is 23.3 Å². The maximum Gasteiger partial charge on any atom is 0.321 e. The van der Waals surface area contributed by atoms with E-state index in [4.69, 9.17) is 0 Å². The first-order valence-electron chi connectivity index (χ1n) is 8.83. The number of nitrogens with zero attached hydrogens (tertiary/aromatic N) is 3. The zero-order valence-corrected chi connectivity index (χ0v) is 15.3. The molecule has 0 atom stereocenters. The molecule has 2 aliphatic heterocycles. The van der Waals surface area contributed by atoms with Crippen molar-refractivity contribution in [1.29, 1.82) is 0 Å². The summed E-state index contributed by atoms with van der Waals surface area (Å²) in [6.45, 7) is 3.76. The molecule has 1 N–H and O–H groups in total. The van der Waals surface area contributed by atoms with Gasteiger partial charge in [0.15, 0.2) is 5.13 Å². The van der Waals surface area contributed by atoms with Crippen LogP contribution in [0.15, 0.2) is 18.2 Å². The van der Waals surface area contributed by atoms with Gasteiger partial charge in [-0.1, -0.05) is 18.3 Å². The average molecular weight is 372 g/mol. The van der Waals surface area contributed by atoms with E-state index in [0.717, 1.165) is 35.5 Å². The van der Waals surface area contributed by atoms with Crippen LogP contribution in [-0.4, -0.2) is 40.8 Å². The molecule has 3 heterocycles. The van der Waals surface area contributed by atoms with Crippen molar-refractivity contribution in [3.8, 4) is 0 Å². The standard InChI is InChI=1S/C18H20N4O3S/c1-11-6-8-21(9-7-11)17(25)19-12-2-3-13-14(10-12)26-18(20-13)22-15(23)4-5-16(22)24/h2-3,10-11H,4-9H2,1H3,(H,19,25). The molecule has 26 heavy (non-hydrogen) atoms. The van der Waals surface area contributed by atoms with Gasteiger partial charge in [-0.15, -0.1) is 0 Å². The van der Waals surface area contributed by atoms with Gasteiger partial charge >= 0.3 is 6.03 Å². The second-order valence-corrected chi connectivity index (χ2v) is 7.91. The minimum Gasteiger partial charge on any atom is -0.325 e. The number of benzene rings is 1. The molecule has 2 saturated heterocycles. The lowest BCUT2D eigenvalue weighted by molar-refractivity contribution is -0.121. The fourth-order valence-electron chi connectivity index (χ4n) is 3.29. The zero-order chi connectivity index (χ0) is 18.3. The van der Waals surface area contributed by atoms with Crippen molar-refractivity contribution in [3.05, 3.63) is 18.2 Å². The van der Waals surface area contributed by atoms with Crippen molar-refractivity contribution < 1.29 is 14.4 Å². The highest BCUT2D eigenvalue weighted by Crippen LogP contribution is 2.33. The third kappa shape index (κ3) is 3.16. The third-order valence-electron chi connectivity index (χ3n) is 4.94. The van der Waals surface area contributed by atoms with E-state index in [1.54, 1.807) is 12.1 Å². The number of likely N-dealkylation sites (tertiary alicyclic amines) is 1. The number of amides is 4. The van der Waals surface area contributed by atoms with Crippen molar-refractivity contribution in [3.63, 3.8) is 0 Å². The maximum atomic E-state index is 12.4. The summed E-state index contributed by atoms with van der Waals surface area (Å²) in [6, 6.07) is 5.34. The van der Waals surface area contributed by atoms with E-state index in [2.05, 4.69) is 17.2 Å². The van der Waals surface area contributed by atoms with Crippen LogP contribution < -0.4 is 10.2 Å². The van der Waals surface area contributed by atoms with Crippen LogP contribution >= 0.6 is 11.3 Å². The minimum atomic E-state index is -0.207. The molecule has 0 aliphatic carbocycles. The van der Waals surface area contributed by atoms with E-state index >= 15 is 0 Å². The third-order valence-corrected chi connectivity index (χ3v) is 5.95. The summed E-state index contributed by atoms with van der Waals surface area (Å²) >= 11 is 1.29. The molecule has 0 saturated carbocycles. The van der Waals surface area contributed by atoms with Gasteiger partial charge in [0.2, 0.25) is 11.8 Å². The second-order valence-electron chi connectivity index (χ2n) is 6.90. The Balaban J connectivity index is 1.51. The lowest BCUT2D eigenvalue weighted by atomic mass is 10.00. The van der Waals surface area contributed by atoms with E-state index < -0.39 is 0 Å². The Hall–Kier alpha value is -2.48. The fourth-order valence-corrected chi connectivity index (χ4v) is 4.33. The number of piperidine rings is 1. The van der Waals surface area contributed by atoms with Gasteiger partial charge in [-0.3, -0.25) is 9.59 Å². The Morgan fingerprint density at radius 3 is 2.58 bits per heavy atom. The number of hydrogen-bond acceptors (Lipinski definition) is 5. The molecule has 2 aromatic rings. The summed E-state index contributed by atoms with van der Waals surface area (Å²) in [4.78, 5) is 43.6. The van der Waals surface area contributed by atoms with Crippen molar-refractivity contribution in [1.82, 2.24) is 9.88 Å². The van der Waals surface area contributed by atoms with E-state index in [1.807, 2.05) is 11.0 Å². The van der Waals surface area contributed by atoms with Gasteiger partial charge in [0, 0.05) is 31.6 Å². The SMILES string of the molecule is CC1CCN(C(=O)Nc2ccc3nc(N4C(=O)CCC4=O)sc3c2)CC1. The number of aromatic nitrogens is 1. The lowest BCUT2D eigenvalue weighted by Gasteiger charge is -2.30. The van der Waals surface area contributed by atoms with E-state index in [1.165, 1.54) is 11.3 Å². The first-order valence-corrected chi connectivity index (χ1v) is 9.65. The highest BCUT2D eigenvalue weighted by atomic mass is 32.1. The number of nitrogens with one attached hydrogen (secondary N) is 1. The van der Waals surface area contributed by atoms with Gasteiger partial charge in [-0.25, -0.2) is 14.7 Å². The van der Waals surface area contributed by atoms with Crippen LogP contribution in [0.25, 0.3) is 10.2 Å². The number of hydrogen-bond donors (Lipinski definition) is 1. The highest BCUT2D eigenvalue weighted by Gasteiger charge is 2.32. The summed E-state index contributed by atoms with van der Waals surface area (Å²) in [5.74, 6) is 0.255. The Morgan fingerprint density at radius 1 is 1.19 bits per heavy atom. The molecule has 8 heteroatoms. The Kier molecular flexibility index (Phi) is 4.36. The number of carbonyl (C=O) groups excluding carboxylic acids is 3. The molecule has 0 bridgehead atoms. The van der Waals surface area contributed by atoms with E-state index in [0.29, 0.717) is 22.3 Å². The molecular formula is C18H20N4O3S. The maximum absolute atomic E-state index is 12.4. The van der Waals surface area contributed by atoms with Crippen LogP contribution in [0, 0.1) is 5.92 Å². The normalized spacial score (nSPS) is 18.8. The van der Waals surface area contributed by atoms with Gasteiger partial charge in [0.1, 0.15) is 0 Å². The number of urea groups is 1. The first-order chi connectivity index (χ1) is 12.5. The van der Waals surface area contributed by atoms with E-state index in [-0.39, 0.29) is 30.7 Å². The number of anilines is 2. The fraction of sp³-hybridized carbons (Fsp3) is 0.444. The molecule has 1 aromatic carbocycles.